The quantitative estimate of drug-likeness (QED) is 0.594. The van der Waals surface area contributed by atoms with Crippen LogP contribution < -0.4 is 0 Å². The van der Waals surface area contributed by atoms with E-state index in [4.69, 9.17) is 9.47 Å². The van der Waals surface area contributed by atoms with Crippen LogP contribution >= 0.6 is 0 Å². The number of hydrogen-bond donors (Lipinski definition) is 0. The molecule has 112 valence electrons. The largest absolute Gasteiger partial charge is 0.374 e. The van der Waals surface area contributed by atoms with E-state index in [0.717, 1.165) is 0 Å². The van der Waals surface area contributed by atoms with Crippen molar-refractivity contribution in [3.8, 4) is 0 Å². The predicted octanol–water partition coefficient (Wildman–Crippen LogP) is 4.57. The summed E-state index contributed by atoms with van der Waals surface area (Å²) in [6, 6.07) is 25.0. The Morgan fingerprint density at radius 1 is 0.545 bits per heavy atom. The normalized spacial score (nSPS) is 10.9. The number of hydrogen-bond acceptors (Lipinski definition) is 2. The Balaban J connectivity index is 1.39. The van der Waals surface area contributed by atoms with Crippen LogP contribution in [-0.2, 0) is 22.7 Å². The lowest BCUT2D eigenvalue weighted by Gasteiger charge is -2.07. The molecule has 0 saturated carbocycles. The van der Waals surface area contributed by atoms with E-state index >= 15 is 0 Å². The van der Waals surface area contributed by atoms with E-state index in [1.165, 1.54) is 21.9 Å². The highest BCUT2D eigenvalue weighted by Crippen LogP contribution is 2.16. The topological polar surface area (TPSA) is 18.5 Å². The predicted molar refractivity (Wildman–Crippen MR) is 89.7 cm³/mol. The van der Waals surface area contributed by atoms with Crippen LogP contribution in [0.3, 0.4) is 0 Å². The number of fused-ring (bicyclic) bond motifs is 1. The van der Waals surface area contributed by atoms with Crippen LogP contribution in [0.1, 0.15) is 11.1 Å². The maximum atomic E-state index is 5.68. The van der Waals surface area contributed by atoms with Gasteiger partial charge in [0.05, 0.1) is 26.4 Å². The number of benzene rings is 3. The molecule has 0 aromatic heterocycles. The van der Waals surface area contributed by atoms with Gasteiger partial charge >= 0.3 is 0 Å². The molecule has 0 heterocycles. The molecule has 0 aliphatic heterocycles. The summed E-state index contributed by atoms with van der Waals surface area (Å²) in [5.74, 6) is 0. The van der Waals surface area contributed by atoms with Crippen LogP contribution in [-0.4, -0.2) is 13.2 Å². The molecule has 2 nitrogen and oxygen atoms in total. The van der Waals surface area contributed by atoms with Gasteiger partial charge in [0.2, 0.25) is 0 Å². The van der Waals surface area contributed by atoms with Gasteiger partial charge in [0.1, 0.15) is 0 Å². The van der Waals surface area contributed by atoms with E-state index in [2.05, 4.69) is 54.6 Å². The third-order valence-corrected chi connectivity index (χ3v) is 3.57. The van der Waals surface area contributed by atoms with Gasteiger partial charge in [-0.3, -0.25) is 0 Å². The Morgan fingerprint density at radius 3 is 1.95 bits per heavy atom. The van der Waals surface area contributed by atoms with Gasteiger partial charge in [-0.1, -0.05) is 66.7 Å². The molecule has 0 N–H and O–H groups in total. The molecule has 0 amide bonds. The minimum Gasteiger partial charge on any atom is -0.374 e. The highest BCUT2D eigenvalue weighted by atomic mass is 16.5. The van der Waals surface area contributed by atoms with E-state index in [-0.39, 0.29) is 0 Å². The first-order chi connectivity index (χ1) is 10.9. The minimum absolute atomic E-state index is 0.611. The smallest absolute Gasteiger partial charge is 0.0718 e. The molecule has 0 spiro atoms. The van der Waals surface area contributed by atoms with Crippen LogP contribution in [0, 0.1) is 0 Å². The van der Waals surface area contributed by atoms with E-state index < -0.39 is 0 Å². The summed E-state index contributed by atoms with van der Waals surface area (Å²) < 4.78 is 11.3. The fourth-order valence-corrected chi connectivity index (χ4v) is 2.40. The fraction of sp³-hybridized carbons (Fsp3) is 0.200. The van der Waals surface area contributed by atoms with Gasteiger partial charge in [-0.15, -0.1) is 0 Å². The molecule has 22 heavy (non-hydrogen) atoms. The Bertz CT molecular complexity index is 707. The lowest BCUT2D eigenvalue weighted by Crippen LogP contribution is -2.04. The summed E-state index contributed by atoms with van der Waals surface area (Å²) in [7, 11) is 0. The molecule has 0 unspecified atom stereocenters. The van der Waals surface area contributed by atoms with Crippen molar-refractivity contribution >= 4 is 10.8 Å². The van der Waals surface area contributed by atoms with E-state index in [1.807, 2.05) is 18.2 Å². The Labute approximate surface area is 131 Å². The molecular weight excluding hydrogens is 272 g/mol. The van der Waals surface area contributed by atoms with Crippen LogP contribution in [0.15, 0.2) is 72.8 Å². The van der Waals surface area contributed by atoms with Gasteiger partial charge in [-0.05, 0) is 28.0 Å². The Hall–Kier alpha value is -2.16. The van der Waals surface area contributed by atoms with Crippen LogP contribution in [0.25, 0.3) is 10.8 Å². The molecule has 0 atom stereocenters. The van der Waals surface area contributed by atoms with Crippen molar-refractivity contribution in [2.24, 2.45) is 0 Å². The third-order valence-electron chi connectivity index (χ3n) is 3.57. The first-order valence-electron chi connectivity index (χ1n) is 7.59. The van der Waals surface area contributed by atoms with Crippen molar-refractivity contribution in [3.05, 3.63) is 83.9 Å². The summed E-state index contributed by atoms with van der Waals surface area (Å²) >= 11 is 0. The first-order valence-corrected chi connectivity index (χ1v) is 7.59. The highest BCUT2D eigenvalue weighted by molar-refractivity contribution is 5.82. The summed E-state index contributed by atoms with van der Waals surface area (Å²) in [5.41, 5.74) is 2.39. The van der Waals surface area contributed by atoms with Gasteiger partial charge in [0, 0.05) is 0 Å². The van der Waals surface area contributed by atoms with Crippen molar-refractivity contribution in [1.29, 1.82) is 0 Å². The molecule has 3 rings (SSSR count). The molecule has 0 saturated heterocycles. The first kappa shape index (κ1) is 14.8. The monoisotopic (exact) mass is 292 g/mol. The van der Waals surface area contributed by atoms with Gasteiger partial charge in [-0.2, -0.15) is 0 Å². The van der Waals surface area contributed by atoms with Crippen molar-refractivity contribution in [2.75, 3.05) is 13.2 Å². The average molecular weight is 292 g/mol. The lowest BCUT2D eigenvalue weighted by molar-refractivity contribution is 0.0339. The number of ether oxygens (including phenoxy) is 2. The molecule has 0 radical (unpaired) electrons. The standard InChI is InChI=1S/C20H20O2/c1-2-6-17(7-3-1)15-21-12-13-22-16-18-10-11-19-8-4-5-9-20(19)14-18/h1-11,14H,12-13,15-16H2. The van der Waals surface area contributed by atoms with Crippen LogP contribution in [0.5, 0.6) is 0 Å². The second-order valence-corrected chi connectivity index (χ2v) is 5.27. The molecule has 2 heteroatoms. The zero-order valence-electron chi connectivity index (χ0n) is 12.6. The molecule has 0 fully saturated rings. The molecule has 0 bridgehead atoms. The number of rotatable bonds is 7. The summed E-state index contributed by atoms with van der Waals surface area (Å²) in [5, 5.41) is 2.52. The molecule has 0 aliphatic carbocycles. The van der Waals surface area contributed by atoms with Crippen LogP contribution in [0.4, 0.5) is 0 Å². The lowest BCUT2D eigenvalue weighted by atomic mass is 10.1. The summed E-state index contributed by atoms with van der Waals surface area (Å²) in [4.78, 5) is 0. The maximum Gasteiger partial charge on any atom is 0.0718 e. The van der Waals surface area contributed by atoms with Gasteiger partial charge in [0.15, 0.2) is 0 Å². The highest BCUT2D eigenvalue weighted by Gasteiger charge is 1.97. The summed E-state index contributed by atoms with van der Waals surface area (Å²) in [6.07, 6.45) is 0. The van der Waals surface area contributed by atoms with Crippen molar-refractivity contribution < 1.29 is 9.47 Å². The fourth-order valence-electron chi connectivity index (χ4n) is 2.40. The van der Waals surface area contributed by atoms with Gasteiger partial charge in [0.25, 0.3) is 0 Å². The second kappa shape index (κ2) is 7.74. The molecule has 3 aromatic carbocycles. The van der Waals surface area contributed by atoms with E-state index in [0.29, 0.717) is 26.4 Å². The van der Waals surface area contributed by atoms with E-state index in [1.54, 1.807) is 0 Å². The summed E-state index contributed by atoms with van der Waals surface area (Å²) in [6.45, 7) is 2.49. The molecular formula is C20H20O2. The third kappa shape index (κ3) is 4.17. The van der Waals surface area contributed by atoms with E-state index in [9.17, 15) is 0 Å². The zero-order chi connectivity index (χ0) is 15.0. The average Bonchev–Trinajstić information content (AvgIpc) is 2.59. The molecule has 3 aromatic rings. The van der Waals surface area contributed by atoms with Crippen LogP contribution in [0.2, 0.25) is 0 Å². The van der Waals surface area contributed by atoms with Crippen molar-refractivity contribution in [2.45, 2.75) is 13.2 Å². The minimum atomic E-state index is 0.611. The maximum absolute atomic E-state index is 5.68. The Kier molecular flexibility index (Phi) is 5.19. The Morgan fingerprint density at radius 2 is 1.18 bits per heavy atom. The zero-order valence-corrected chi connectivity index (χ0v) is 12.6. The van der Waals surface area contributed by atoms with Gasteiger partial charge in [-0.25, -0.2) is 0 Å². The second-order valence-electron chi connectivity index (χ2n) is 5.27. The molecule has 0 aliphatic rings. The van der Waals surface area contributed by atoms with Crippen molar-refractivity contribution in [3.63, 3.8) is 0 Å². The van der Waals surface area contributed by atoms with Gasteiger partial charge < -0.3 is 9.47 Å². The SMILES string of the molecule is c1ccc(COCCOCc2ccc3ccccc3c2)cc1. The van der Waals surface area contributed by atoms with Crippen molar-refractivity contribution in [1.82, 2.24) is 0 Å².